The van der Waals surface area contributed by atoms with Gasteiger partial charge in [0.15, 0.2) is 5.78 Å². The van der Waals surface area contributed by atoms with Gasteiger partial charge >= 0.3 is 5.97 Å². The number of carboxylic acids is 1. The molecule has 1 N–H and O–H groups in total. The molecule has 0 aromatic rings. The van der Waals surface area contributed by atoms with Gasteiger partial charge in [0, 0.05) is 12.3 Å². The van der Waals surface area contributed by atoms with Crippen molar-refractivity contribution in [1.82, 2.24) is 0 Å². The Hall–Kier alpha value is -1.12. The lowest BCUT2D eigenvalue weighted by Gasteiger charge is -2.60. The van der Waals surface area contributed by atoms with E-state index in [1.54, 1.807) is 0 Å². The second-order valence-electron chi connectivity index (χ2n) is 10.5. The maximum atomic E-state index is 13.5. The summed E-state index contributed by atoms with van der Waals surface area (Å²) >= 11 is 0. The molecule has 0 heterocycles. The molecule has 4 saturated carbocycles. The average Bonchev–Trinajstić information content (AvgIpc) is 3.03. The number of Topliss-reactive ketones (excluding diaryl/α,β-unsaturated/α-hetero) is 1. The van der Waals surface area contributed by atoms with Crippen LogP contribution in [0.1, 0.15) is 98.3 Å². The summed E-state index contributed by atoms with van der Waals surface area (Å²) in [5, 5.41) is 8.99. The van der Waals surface area contributed by atoms with E-state index < -0.39 is 5.97 Å². The Labute approximate surface area is 177 Å². The van der Waals surface area contributed by atoms with Crippen LogP contribution in [-0.4, -0.2) is 16.9 Å². The highest BCUT2D eigenvalue weighted by Crippen LogP contribution is 2.67. The number of rotatable bonds is 4. The van der Waals surface area contributed by atoms with Crippen molar-refractivity contribution in [3.63, 3.8) is 0 Å². The number of allylic oxidation sites excluding steroid dienone is 1. The SMILES string of the molecule is C=C1C(=O)C2C3CCC(CCCC(=O)O)C3(C)CCC2C2(C)CCCCC12.CC. The minimum absolute atomic E-state index is 0.181. The Morgan fingerprint density at radius 3 is 2.41 bits per heavy atom. The molecule has 0 aromatic carbocycles. The number of ketones is 1. The topological polar surface area (TPSA) is 54.4 Å². The Balaban J connectivity index is 0.00000117. The first-order chi connectivity index (χ1) is 13.8. The van der Waals surface area contributed by atoms with E-state index in [2.05, 4.69) is 20.4 Å². The molecule has 3 nitrogen and oxygen atoms in total. The van der Waals surface area contributed by atoms with E-state index in [1.165, 1.54) is 38.5 Å². The zero-order valence-corrected chi connectivity index (χ0v) is 19.1. The zero-order valence-electron chi connectivity index (χ0n) is 19.1. The maximum Gasteiger partial charge on any atom is 0.303 e. The molecule has 0 amide bonds. The molecule has 4 aliphatic rings. The molecule has 29 heavy (non-hydrogen) atoms. The van der Waals surface area contributed by atoms with E-state index >= 15 is 0 Å². The predicted molar refractivity (Wildman–Crippen MR) is 118 cm³/mol. The summed E-state index contributed by atoms with van der Waals surface area (Å²) < 4.78 is 0. The first-order valence-electron chi connectivity index (χ1n) is 12.2. The van der Waals surface area contributed by atoms with Crippen molar-refractivity contribution in [2.24, 2.45) is 40.4 Å². The number of hydrogen-bond donors (Lipinski definition) is 1. The summed E-state index contributed by atoms with van der Waals surface area (Å²) in [6.07, 6.45) is 11.7. The average molecular weight is 403 g/mol. The van der Waals surface area contributed by atoms with Gasteiger partial charge in [0.2, 0.25) is 0 Å². The molecule has 4 aliphatic carbocycles. The van der Waals surface area contributed by atoms with Crippen LogP contribution < -0.4 is 0 Å². The Kier molecular flexibility index (Phi) is 6.65. The Morgan fingerprint density at radius 1 is 1.03 bits per heavy atom. The number of aliphatic carboxylic acids is 1. The lowest BCUT2D eigenvalue weighted by Crippen LogP contribution is -2.57. The van der Waals surface area contributed by atoms with Gasteiger partial charge in [-0.1, -0.05) is 47.1 Å². The summed E-state index contributed by atoms with van der Waals surface area (Å²) in [6.45, 7) is 13.2. The summed E-state index contributed by atoms with van der Waals surface area (Å²) in [5.41, 5.74) is 1.43. The second-order valence-corrected chi connectivity index (χ2v) is 10.5. The fraction of sp³-hybridized carbons (Fsp3) is 0.846. The van der Waals surface area contributed by atoms with Gasteiger partial charge in [-0.25, -0.2) is 0 Å². The number of hydrogen-bond acceptors (Lipinski definition) is 2. The smallest absolute Gasteiger partial charge is 0.303 e. The molecule has 3 heteroatoms. The van der Waals surface area contributed by atoms with Gasteiger partial charge < -0.3 is 5.11 Å². The molecule has 0 spiro atoms. The molecule has 0 bridgehead atoms. The van der Waals surface area contributed by atoms with Crippen LogP contribution in [0, 0.1) is 40.4 Å². The highest BCUT2D eigenvalue weighted by molar-refractivity contribution is 5.99. The number of fused-ring (bicyclic) bond motifs is 5. The van der Waals surface area contributed by atoms with Crippen molar-refractivity contribution in [1.29, 1.82) is 0 Å². The standard InChI is InChI=1S/C24H36O3.C2H6/c1-15-17-8-4-5-13-24(17,3)19-12-14-23(2)16(7-6-9-20(25)26)10-11-18(23)21(19)22(15)27;1-2/h16-19,21H,1,4-14H2,2-3H3,(H,25,26);1-2H3. The molecule has 7 atom stereocenters. The van der Waals surface area contributed by atoms with Gasteiger partial charge in [0.05, 0.1) is 0 Å². The van der Waals surface area contributed by atoms with Gasteiger partial charge in [0.25, 0.3) is 0 Å². The Bertz CT molecular complexity index is 652. The third-order valence-electron chi connectivity index (χ3n) is 9.55. The van der Waals surface area contributed by atoms with Crippen LogP contribution in [-0.2, 0) is 9.59 Å². The van der Waals surface area contributed by atoms with Crippen LogP contribution in [0.4, 0.5) is 0 Å². The minimum atomic E-state index is -0.687. The third-order valence-corrected chi connectivity index (χ3v) is 9.55. The van der Waals surface area contributed by atoms with Crippen molar-refractivity contribution in [2.75, 3.05) is 0 Å². The normalized spacial score (nSPS) is 43.5. The number of carbonyl (C=O) groups excluding carboxylic acids is 1. The molecular formula is C26H42O3. The zero-order chi connectivity index (χ0) is 21.4. The van der Waals surface area contributed by atoms with Crippen LogP contribution in [0.3, 0.4) is 0 Å². The molecule has 0 radical (unpaired) electrons. The summed E-state index contributed by atoms with van der Waals surface area (Å²) in [4.78, 5) is 24.4. The summed E-state index contributed by atoms with van der Waals surface area (Å²) in [6, 6.07) is 0. The molecule has 7 unspecified atom stereocenters. The van der Waals surface area contributed by atoms with Crippen LogP contribution in [0.15, 0.2) is 12.2 Å². The largest absolute Gasteiger partial charge is 0.481 e. The number of carboxylic acid groups (broad SMARTS) is 1. The second kappa shape index (κ2) is 8.55. The number of carbonyl (C=O) groups is 2. The van der Waals surface area contributed by atoms with Gasteiger partial charge in [-0.05, 0) is 91.4 Å². The quantitative estimate of drug-likeness (QED) is 0.535. The summed E-state index contributed by atoms with van der Waals surface area (Å²) in [7, 11) is 0. The van der Waals surface area contributed by atoms with Crippen molar-refractivity contribution < 1.29 is 14.7 Å². The van der Waals surface area contributed by atoms with Crippen LogP contribution in [0.2, 0.25) is 0 Å². The lowest BCUT2D eigenvalue weighted by atomic mass is 9.43. The molecule has 0 aliphatic heterocycles. The Morgan fingerprint density at radius 2 is 1.72 bits per heavy atom. The van der Waals surface area contributed by atoms with E-state index in [4.69, 9.17) is 5.11 Å². The monoisotopic (exact) mass is 402 g/mol. The first kappa shape index (κ1) is 22.6. The van der Waals surface area contributed by atoms with Crippen molar-refractivity contribution in [3.8, 4) is 0 Å². The maximum absolute atomic E-state index is 13.5. The molecule has 164 valence electrons. The third kappa shape index (κ3) is 3.61. The van der Waals surface area contributed by atoms with E-state index in [1.807, 2.05) is 13.8 Å². The van der Waals surface area contributed by atoms with E-state index in [9.17, 15) is 9.59 Å². The highest BCUT2D eigenvalue weighted by atomic mass is 16.4. The van der Waals surface area contributed by atoms with Gasteiger partial charge in [0.1, 0.15) is 0 Å². The molecule has 0 saturated heterocycles. The van der Waals surface area contributed by atoms with Crippen molar-refractivity contribution in [2.45, 2.75) is 98.3 Å². The fourth-order valence-electron chi connectivity index (χ4n) is 8.09. The highest BCUT2D eigenvalue weighted by Gasteiger charge is 2.62. The van der Waals surface area contributed by atoms with Crippen LogP contribution in [0.25, 0.3) is 0 Å². The molecular weight excluding hydrogens is 360 g/mol. The van der Waals surface area contributed by atoms with E-state index in [0.29, 0.717) is 29.5 Å². The van der Waals surface area contributed by atoms with Crippen molar-refractivity contribution in [3.05, 3.63) is 12.2 Å². The van der Waals surface area contributed by atoms with E-state index in [-0.39, 0.29) is 23.2 Å². The minimum Gasteiger partial charge on any atom is -0.481 e. The molecule has 4 fully saturated rings. The van der Waals surface area contributed by atoms with Gasteiger partial charge in [-0.3, -0.25) is 9.59 Å². The molecule has 4 rings (SSSR count). The lowest BCUT2D eigenvalue weighted by molar-refractivity contribution is -0.145. The predicted octanol–water partition coefficient (Wildman–Crippen LogP) is 6.66. The fourth-order valence-corrected chi connectivity index (χ4v) is 8.09. The van der Waals surface area contributed by atoms with Gasteiger partial charge in [-0.15, -0.1) is 0 Å². The first-order valence-corrected chi connectivity index (χ1v) is 12.2. The van der Waals surface area contributed by atoms with Crippen molar-refractivity contribution >= 4 is 11.8 Å². The van der Waals surface area contributed by atoms with E-state index in [0.717, 1.165) is 31.3 Å². The summed E-state index contributed by atoms with van der Waals surface area (Å²) in [5.74, 6) is 1.91. The van der Waals surface area contributed by atoms with Gasteiger partial charge in [-0.2, -0.15) is 0 Å². The van der Waals surface area contributed by atoms with Crippen LogP contribution >= 0.6 is 0 Å². The molecule has 0 aromatic heterocycles. The van der Waals surface area contributed by atoms with Crippen LogP contribution in [0.5, 0.6) is 0 Å².